The van der Waals surface area contributed by atoms with E-state index in [-0.39, 0.29) is 11.7 Å². The lowest BCUT2D eigenvalue weighted by atomic mass is 10.1. The molecule has 1 aliphatic rings. The molecule has 1 fully saturated rings. The van der Waals surface area contributed by atoms with E-state index in [1.165, 1.54) is 18.6 Å². The first kappa shape index (κ1) is 14.2. The molecular formula is C14H20N2O2S. The number of hydrogen-bond donors (Lipinski definition) is 3. The van der Waals surface area contributed by atoms with Crippen molar-refractivity contribution in [1.29, 1.82) is 0 Å². The van der Waals surface area contributed by atoms with Gasteiger partial charge < -0.3 is 16.2 Å². The normalized spacial score (nSPS) is 20.2. The van der Waals surface area contributed by atoms with Crippen LogP contribution in [0.5, 0.6) is 5.75 Å². The van der Waals surface area contributed by atoms with Gasteiger partial charge in [0.25, 0.3) is 0 Å². The maximum atomic E-state index is 11.9. The van der Waals surface area contributed by atoms with Crippen LogP contribution in [0.2, 0.25) is 0 Å². The minimum Gasteiger partial charge on any atom is -0.508 e. The van der Waals surface area contributed by atoms with Gasteiger partial charge in [-0.15, -0.1) is 0 Å². The van der Waals surface area contributed by atoms with Gasteiger partial charge in [0.1, 0.15) is 5.75 Å². The molecule has 19 heavy (non-hydrogen) atoms. The molecule has 1 aliphatic heterocycles. The van der Waals surface area contributed by atoms with Gasteiger partial charge in [-0.1, -0.05) is 12.1 Å². The molecule has 1 aromatic carbocycles. The number of benzene rings is 1. The third-order valence-electron chi connectivity index (χ3n) is 3.26. The van der Waals surface area contributed by atoms with E-state index in [4.69, 9.17) is 5.73 Å². The highest BCUT2D eigenvalue weighted by Crippen LogP contribution is 2.25. The predicted molar refractivity (Wildman–Crippen MR) is 78.3 cm³/mol. The topological polar surface area (TPSA) is 75.3 Å². The van der Waals surface area contributed by atoms with Crippen molar-refractivity contribution in [2.45, 2.75) is 30.6 Å². The summed E-state index contributed by atoms with van der Waals surface area (Å²) >= 11 is 1.92. The number of amides is 1. The average Bonchev–Trinajstić information content (AvgIpc) is 2.91. The number of nitrogens with two attached hydrogens (primary N) is 1. The van der Waals surface area contributed by atoms with Crippen LogP contribution in [-0.2, 0) is 11.2 Å². The van der Waals surface area contributed by atoms with Gasteiger partial charge in [0.05, 0.1) is 6.04 Å². The first-order chi connectivity index (χ1) is 9.15. The Morgan fingerprint density at radius 3 is 2.84 bits per heavy atom. The highest BCUT2D eigenvalue weighted by atomic mass is 32.2. The zero-order valence-electron chi connectivity index (χ0n) is 10.8. The summed E-state index contributed by atoms with van der Waals surface area (Å²) in [7, 11) is 0. The lowest BCUT2D eigenvalue weighted by Crippen LogP contribution is -2.43. The van der Waals surface area contributed by atoms with Crippen LogP contribution < -0.4 is 11.1 Å². The van der Waals surface area contributed by atoms with Crippen LogP contribution in [0, 0.1) is 0 Å². The van der Waals surface area contributed by atoms with Gasteiger partial charge in [0.15, 0.2) is 0 Å². The standard InChI is InChI=1S/C14H20N2O2S/c15-13(8-10-3-5-11(17)6-4-10)14(18)16-9-12-2-1-7-19-12/h3-6,12-13,17H,1-2,7-9,15H2,(H,16,18)/t12?,13-/m0/s1. The maximum absolute atomic E-state index is 11.9. The number of rotatable bonds is 5. The number of thioether (sulfide) groups is 1. The first-order valence-corrected chi connectivity index (χ1v) is 7.63. The quantitative estimate of drug-likeness (QED) is 0.759. The molecule has 104 valence electrons. The number of carbonyl (C=O) groups is 1. The van der Waals surface area contributed by atoms with Crippen molar-refractivity contribution >= 4 is 17.7 Å². The summed E-state index contributed by atoms with van der Waals surface area (Å²) < 4.78 is 0. The minimum atomic E-state index is -0.532. The summed E-state index contributed by atoms with van der Waals surface area (Å²) in [5.74, 6) is 1.32. The number of aromatic hydroxyl groups is 1. The fraction of sp³-hybridized carbons (Fsp3) is 0.500. The Bertz CT molecular complexity index is 416. The zero-order chi connectivity index (χ0) is 13.7. The number of hydrogen-bond acceptors (Lipinski definition) is 4. The highest BCUT2D eigenvalue weighted by Gasteiger charge is 2.19. The van der Waals surface area contributed by atoms with Crippen LogP contribution in [0.4, 0.5) is 0 Å². The van der Waals surface area contributed by atoms with Gasteiger partial charge in [-0.2, -0.15) is 11.8 Å². The zero-order valence-corrected chi connectivity index (χ0v) is 11.7. The molecule has 2 atom stereocenters. The number of phenolic OH excluding ortho intramolecular Hbond substituents is 1. The first-order valence-electron chi connectivity index (χ1n) is 6.58. The molecule has 0 bridgehead atoms. The van der Waals surface area contributed by atoms with Crippen LogP contribution in [0.15, 0.2) is 24.3 Å². The van der Waals surface area contributed by atoms with Crippen molar-refractivity contribution < 1.29 is 9.90 Å². The second-order valence-corrected chi connectivity index (χ2v) is 6.27. The van der Waals surface area contributed by atoms with Crippen molar-refractivity contribution in [1.82, 2.24) is 5.32 Å². The molecular weight excluding hydrogens is 260 g/mol. The van der Waals surface area contributed by atoms with E-state index in [1.807, 2.05) is 11.8 Å². The minimum absolute atomic E-state index is 0.0967. The number of nitrogens with one attached hydrogen (secondary N) is 1. The molecule has 0 spiro atoms. The third-order valence-corrected chi connectivity index (χ3v) is 4.65. The SMILES string of the molecule is N[C@@H](Cc1ccc(O)cc1)C(=O)NCC1CCCS1. The summed E-state index contributed by atoms with van der Waals surface area (Å²) in [6, 6.07) is 6.26. The molecule has 2 rings (SSSR count). The number of phenols is 1. The van der Waals surface area contributed by atoms with Crippen LogP contribution in [-0.4, -0.2) is 34.6 Å². The van der Waals surface area contributed by atoms with Crippen molar-refractivity contribution in [3.05, 3.63) is 29.8 Å². The molecule has 0 saturated carbocycles. The van der Waals surface area contributed by atoms with E-state index in [2.05, 4.69) is 5.32 Å². The van der Waals surface area contributed by atoms with E-state index < -0.39 is 6.04 Å². The molecule has 0 radical (unpaired) electrons. The summed E-state index contributed by atoms with van der Waals surface area (Å²) in [4.78, 5) is 11.9. The smallest absolute Gasteiger partial charge is 0.237 e. The van der Waals surface area contributed by atoms with Crippen molar-refractivity contribution in [3.63, 3.8) is 0 Å². The van der Waals surface area contributed by atoms with Crippen molar-refractivity contribution in [2.75, 3.05) is 12.3 Å². The monoisotopic (exact) mass is 280 g/mol. The summed E-state index contributed by atoms with van der Waals surface area (Å²) in [6.45, 7) is 0.715. The lowest BCUT2D eigenvalue weighted by Gasteiger charge is -2.14. The predicted octanol–water partition coefficient (Wildman–Crippen LogP) is 1.27. The lowest BCUT2D eigenvalue weighted by molar-refractivity contribution is -0.122. The van der Waals surface area contributed by atoms with Crippen LogP contribution >= 0.6 is 11.8 Å². The van der Waals surface area contributed by atoms with Gasteiger partial charge in [0, 0.05) is 11.8 Å². The second kappa shape index (κ2) is 6.82. The van der Waals surface area contributed by atoms with Gasteiger partial charge in [-0.3, -0.25) is 4.79 Å². The molecule has 1 saturated heterocycles. The second-order valence-electron chi connectivity index (χ2n) is 4.86. The number of carbonyl (C=O) groups excluding carboxylic acids is 1. The fourth-order valence-electron chi connectivity index (χ4n) is 2.13. The average molecular weight is 280 g/mol. The van der Waals surface area contributed by atoms with Gasteiger partial charge in [-0.05, 0) is 42.7 Å². The van der Waals surface area contributed by atoms with Crippen LogP contribution in [0.3, 0.4) is 0 Å². The molecule has 1 aromatic rings. The molecule has 4 N–H and O–H groups in total. The Balaban J connectivity index is 1.76. The Morgan fingerprint density at radius 1 is 1.47 bits per heavy atom. The highest BCUT2D eigenvalue weighted by molar-refractivity contribution is 8.00. The molecule has 0 aliphatic carbocycles. The summed E-state index contributed by atoms with van der Waals surface area (Å²) in [6.07, 6.45) is 2.91. The van der Waals surface area contributed by atoms with E-state index in [0.29, 0.717) is 18.2 Å². The van der Waals surface area contributed by atoms with E-state index in [0.717, 1.165) is 5.56 Å². The Labute approximate surface area is 117 Å². The van der Waals surface area contributed by atoms with E-state index in [9.17, 15) is 9.90 Å². The van der Waals surface area contributed by atoms with Gasteiger partial charge >= 0.3 is 0 Å². The van der Waals surface area contributed by atoms with E-state index in [1.54, 1.807) is 24.3 Å². The Hall–Kier alpha value is -1.20. The molecule has 4 nitrogen and oxygen atoms in total. The molecule has 5 heteroatoms. The molecule has 1 unspecified atom stereocenters. The van der Waals surface area contributed by atoms with Gasteiger partial charge in [-0.25, -0.2) is 0 Å². The Morgan fingerprint density at radius 2 is 2.21 bits per heavy atom. The summed E-state index contributed by atoms with van der Waals surface area (Å²) in [5, 5.41) is 12.7. The fourth-order valence-corrected chi connectivity index (χ4v) is 3.33. The van der Waals surface area contributed by atoms with Crippen molar-refractivity contribution in [3.8, 4) is 5.75 Å². The van der Waals surface area contributed by atoms with E-state index >= 15 is 0 Å². The van der Waals surface area contributed by atoms with Gasteiger partial charge in [0.2, 0.25) is 5.91 Å². The molecule has 1 heterocycles. The molecule has 1 amide bonds. The molecule has 0 aromatic heterocycles. The largest absolute Gasteiger partial charge is 0.508 e. The summed E-state index contributed by atoms with van der Waals surface area (Å²) in [5.41, 5.74) is 6.85. The van der Waals surface area contributed by atoms with Crippen LogP contribution in [0.1, 0.15) is 18.4 Å². The maximum Gasteiger partial charge on any atom is 0.237 e. The Kier molecular flexibility index (Phi) is 5.10. The van der Waals surface area contributed by atoms with Crippen LogP contribution in [0.25, 0.3) is 0 Å². The third kappa shape index (κ3) is 4.44. The van der Waals surface area contributed by atoms with Crippen molar-refractivity contribution in [2.24, 2.45) is 5.73 Å².